The Bertz CT molecular complexity index is 858. The fourth-order valence-electron chi connectivity index (χ4n) is 2.13. The Morgan fingerprint density at radius 2 is 1.84 bits per heavy atom. The third kappa shape index (κ3) is 3.58. The second-order valence-electron chi connectivity index (χ2n) is 4.74. The van der Waals surface area contributed by atoms with Crippen molar-refractivity contribution in [2.24, 2.45) is 5.73 Å². The van der Waals surface area contributed by atoms with Crippen LogP contribution in [0.2, 0.25) is 5.02 Å². The number of amides is 2. The maximum absolute atomic E-state index is 13.2. The lowest BCUT2D eigenvalue weighted by atomic mass is 10.1. The molecule has 0 saturated heterocycles. The number of aromatic hydroxyl groups is 1. The maximum Gasteiger partial charge on any atom is 0.418 e. The van der Waals surface area contributed by atoms with E-state index in [2.05, 4.69) is 0 Å². The van der Waals surface area contributed by atoms with Crippen molar-refractivity contribution < 1.29 is 28.0 Å². The molecule has 0 unspecified atom stereocenters. The van der Waals surface area contributed by atoms with Gasteiger partial charge in [0.1, 0.15) is 10.8 Å². The summed E-state index contributed by atoms with van der Waals surface area (Å²) in [6, 6.07) is 4.06. The van der Waals surface area contributed by atoms with Crippen molar-refractivity contribution in [2.75, 3.05) is 4.90 Å². The fraction of sp³-hybridized carbons (Fsp3) is 0.0714. The van der Waals surface area contributed by atoms with Crippen molar-refractivity contribution in [1.82, 2.24) is 0 Å². The smallest absolute Gasteiger partial charge is 0.418 e. The zero-order valence-corrected chi connectivity index (χ0v) is 12.9. The van der Waals surface area contributed by atoms with Gasteiger partial charge in [-0.1, -0.05) is 23.7 Å². The summed E-state index contributed by atoms with van der Waals surface area (Å²) in [6.45, 7) is 0. The zero-order chi connectivity index (χ0) is 18.9. The summed E-state index contributed by atoms with van der Waals surface area (Å²) in [7, 11) is 0. The zero-order valence-electron chi connectivity index (χ0n) is 12.1. The Kier molecular flexibility index (Phi) is 4.75. The Morgan fingerprint density at radius 3 is 2.36 bits per heavy atom. The molecule has 2 aromatic rings. The number of halogens is 4. The van der Waals surface area contributed by atoms with Gasteiger partial charge >= 0.3 is 12.2 Å². The van der Waals surface area contributed by atoms with E-state index in [1.54, 1.807) is 0 Å². The third-order valence-electron chi connectivity index (χ3n) is 3.15. The van der Waals surface area contributed by atoms with E-state index in [-0.39, 0.29) is 0 Å². The van der Waals surface area contributed by atoms with Crippen molar-refractivity contribution in [3.05, 3.63) is 57.1 Å². The number of benzene rings is 2. The van der Waals surface area contributed by atoms with Gasteiger partial charge in [0.2, 0.25) is 0 Å². The van der Waals surface area contributed by atoms with Crippen molar-refractivity contribution in [2.45, 2.75) is 6.18 Å². The first-order valence-corrected chi connectivity index (χ1v) is 6.84. The van der Waals surface area contributed by atoms with Crippen LogP contribution in [0, 0.1) is 10.1 Å². The van der Waals surface area contributed by atoms with Crippen molar-refractivity contribution in [3.63, 3.8) is 0 Å². The van der Waals surface area contributed by atoms with Gasteiger partial charge in [0.15, 0.2) is 0 Å². The van der Waals surface area contributed by atoms with Crippen LogP contribution in [0.25, 0.3) is 0 Å². The lowest BCUT2D eigenvalue weighted by Crippen LogP contribution is -2.33. The van der Waals surface area contributed by atoms with Gasteiger partial charge in [-0.15, -0.1) is 0 Å². The van der Waals surface area contributed by atoms with E-state index in [1.807, 2.05) is 0 Å². The molecule has 0 heterocycles. The predicted octanol–water partition coefficient (Wildman–Crippen LogP) is 4.19. The molecule has 0 radical (unpaired) electrons. The molecule has 132 valence electrons. The number of alkyl halides is 3. The van der Waals surface area contributed by atoms with E-state index in [1.165, 1.54) is 6.07 Å². The number of para-hydroxylation sites is 1. The number of nitrogens with two attached hydrogens (primary N) is 1. The van der Waals surface area contributed by atoms with E-state index < -0.39 is 50.5 Å². The normalized spacial score (nSPS) is 11.2. The monoisotopic (exact) mass is 375 g/mol. The second-order valence-corrected chi connectivity index (χ2v) is 5.15. The second kappa shape index (κ2) is 6.48. The summed E-state index contributed by atoms with van der Waals surface area (Å²) < 4.78 is 39.5. The Balaban J connectivity index is 2.72. The molecular weight excluding hydrogens is 367 g/mol. The summed E-state index contributed by atoms with van der Waals surface area (Å²) in [5, 5.41) is 20.3. The number of carbonyl (C=O) groups is 1. The molecule has 2 rings (SSSR count). The molecule has 0 aliphatic carbocycles. The molecule has 2 aromatic carbocycles. The molecule has 2 amide bonds. The van der Waals surface area contributed by atoms with E-state index in [9.17, 15) is 33.2 Å². The first kappa shape index (κ1) is 18.3. The Hall–Kier alpha value is -3.01. The minimum absolute atomic E-state index is 0.369. The topological polar surface area (TPSA) is 110 Å². The number of nitro benzene ring substituents is 1. The lowest BCUT2D eigenvalue weighted by Gasteiger charge is -2.25. The molecule has 0 aliphatic heterocycles. The predicted molar refractivity (Wildman–Crippen MR) is 82.9 cm³/mol. The van der Waals surface area contributed by atoms with E-state index in [0.717, 1.165) is 24.3 Å². The largest absolute Gasteiger partial charge is 0.505 e. The standard InChI is InChI=1S/C14H9ClF3N3O4/c15-8-5-11(12(22)6-10(8)21(24)25)20(13(19)23)9-4-2-1-3-7(9)14(16,17)18/h1-6,22H,(H2,19,23). The number of hydrogen-bond donors (Lipinski definition) is 2. The lowest BCUT2D eigenvalue weighted by molar-refractivity contribution is -0.384. The fourth-order valence-corrected chi connectivity index (χ4v) is 2.36. The van der Waals surface area contributed by atoms with Crippen LogP contribution in [-0.2, 0) is 6.18 Å². The van der Waals surface area contributed by atoms with Crippen LogP contribution in [0.3, 0.4) is 0 Å². The van der Waals surface area contributed by atoms with Crippen LogP contribution >= 0.6 is 11.6 Å². The Morgan fingerprint density at radius 1 is 1.24 bits per heavy atom. The number of carbonyl (C=O) groups excluding carboxylic acids is 1. The molecule has 0 bridgehead atoms. The van der Waals surface area contributed by atoms with Crippen LogP contribution in [0.5, 0.6) is 5.75 Å². The molecule has 0 spiro atoms. The van der Waals surface area contributed by atoms with Gasteiger partial charge in [-0.25, -0.2) is 4.79 Å². The van der Waals surface area contributed by atoms with Crippen LogP contribution < -0.4 is 10.6 Å². The van der Waals surface area contributed by atoms with Gasteiger partial charge in [0, 0.05) is 0 Å². The van der Waals surface area contributed by atoms with Gasteiger partial charge in [-0.05, 0) is 18.2 Å². The average molecular weight is 376 g/mol. The molecular formula is C14H9ClF3N3O4. The molecule has 7 nitrogen and oxygen atoms in total. The van der Waals surface area contributed by atoms with E-state index >= 15 is 0 Å². The van der Waals surface area contributed by atoms with Crippen LogP contribution in [0.15, 0.2) is 36.4 Å². The van der Waals surface area contributed by atoms with E-state index in [0.29, 0.717) is 11.0 Å². The number of phenols is 1. The van der Waals surface area contributed by atoms with Crippen molar-refractivity contribution in [1.29, 1.82) is 0 Å². The van der Waals surface area contributed by atoms with Gasteiger partial charge in [0.05, 0.1) is 27.9 Å². The highest BCUT2D eigenvalue weighted by Gasteiger charge is 2.36. The summed E-state index contributed by atoms with van der Waals surface area (Å²) in [4.78, 5) is 22.0. The van der Waals surface area contributed by atoms with Crippen LogP contribution in [-0.4, -0.2) is 16.1 Å². The van der Waals surface area contributed by atoms with Gasteiger partial charge < -0.3 is 10.8 Å². The molecule has 0 aliphatic rings. The van der Waals surface area contributed by atoms with Gasteiger partial charge in [-0.3, -0.25) is 15.0 Å². The first-order valence-electron chi connectivity index (χ1n) is 6.46. The maximum atomic E-state index is 13.2. The highest BCUT2D eigenvalue weighted by Crippen LogP contribution is 2.43. The quantitative estimate of drug-likeness (QED) is 0.619. The molecule has 0 aromatic heterocycles. The number of nitrogens with zero attached hydrogens (tertiary/aromatic N) is 2. The summed E-state index contributed by atoms with van der Waals surface area (Å²) >= 11 is 5.71. The SMILES string of the molecule is NC(=O)N(c1cc(Cl)c([N+](=O)[O-])cc1O)c1ccccc1C(F)(F)F. The first-order chi connectivity index (χ1) is 11.5. The van der Waals surface area contributed by atoms with Gasteiger partial charge in [-0.2, -0.15) is 13.2 Å². The number of anilines is 2. The highest BCUT2D eigenvalue weighted by molar-refractivity contribution is 6.33. The molecule has 3 N–H and O–H groups in total. The van der Waals surface area contributed by atoms with Crippen LogP contribution in [0.4, 0.5) is 35.0 Å². The van der Waals surface area contributed by atoms with E-state index in [4.69, 9.17) is 17.3 Å². The summed E-state index contributed by atoms with van der Waals surface area (Å²) in [5.74, 6) is -0.841. The van der Waals surface area contributed by atoms with Crippen molar-refractivity contribution >= 4 is 34.7 Å². The molecule has 11 heteroatoms. The summed E-state index contributed by atoms with van der Waals surface area (Å²) in [5.41, 5.74) is 2.09. The average Bonchev–Trinajstić information content (AvgIpc) is 2.49. The molecule has 25 heavy (non-hydrogen) atoms. The summed E-state index contributed by atoms with van der Waals surface area (Å²) in [6.07, 6.45) is -4.81. The van der Waals surface area contributed by atoms with Crippen LogP contribution in [0.1, 0.15) is 5.56 Å². The number of nitro groups is 1. The molecule has 0 saturated carbocycles. The molecule has 0 atom stereocenters. The number of rotatable bonds is 3. The number of hydrogen-bond acceptors (Lipinski definition) is 4. The van der Waals surface area contributed by atoms with Crippen molar-refractivity contribution in [3.8, 4) is 5.75 Å². The third-order valence-corrected chi connectivity index (χ3v) is 3.46. The Labute approximate surface area is 143 Å². The number of phenolic OH excluding ortho intramolecular Hbond substituents is 1. The number of urea groups is 1. The number of primary amides is 1. The highest BCUT2D eigenvalue weighted by atomic mass is 35.5. The minimum atomic E-state index is -4.81. The molecule has 0 fully saturated rings. The van der Waals surface area contributed by atoms with Gasteiger partial charge in [0.25, 0.3) is 5.69 Å². The minimum Gasteiger partial charge on any atom is -0.505 e.